The van der Waals surface area contributed by atoms with Gasteiger partial charge in [0.25, 0.3) is 0 Å². The highest BCUT2D eigenvalue weighted by Gasteiger charge is 2.47. The normalized spacial score (nSPS) is 27.9. The number of ether oxygens (including phenoxy) is 4. The Balaban J connectivity index is 1.57. The molecule has 1 saturated heterocycles. The summed E-state index contributed by atoms with van der Waals surface area (Å²) in [6.07, 6.45) is 1.61. The largest absolute Gasteiger partial charge is 0.497 e. The first kappa shape index (κ1) is 33.7. The van der Waals surface area contributed by atoms with Crippen molar-refractivity contribution in [3.05, 3.63) is 77.9 Å². The van der Waals surface area contributed by atoms with Crippen LogP contribution in [0.4, 0.5) is 0 Å². The van der Waals surface area contributed by atoms with Crippen LogP contribution in [0.1, 0.15) is 57.8 Å². The van der Waals surface area contributed by atoms with Gasteiger partial charge in [-0.05, 0) is 41.7 Å². The van der Waals surface area contributed by atoms with Gasteiger partial charge in [0.05, 0.1) is 19.1 Å². The fourth-order valence-electron chi connectivity index (χ4n) is 5.31. The minimum Gasteiger partial charge on any atom is -0.497 e. The molecule has 242 valence electrons. The van der Waals surface area contributed by atoms with E-state index in [0.717, 1.165) is 11.1 Å². The minimum atomic E-state index is -1.11. The van der Waals surface area contributed by atoms with Crippen molar-refractivity contribution in [2.75, 3.05) is 13.7 Å². The average Bonchev–Trinajstić information content (AvgIpc) is 3.83. The molecule has 1 fully saturated rings. The molecule has 7 atom stereocenters. The number of hydrogen-bond donors (Lipinski definition) is 2. The van der Waals surface area contributed by atoms with Gasteiger partial charge in [-0.25, -0.2) is 4.79 Å². The number of carbonyl (C=O) groups excluding carboxylic acids is 4. The number of methoxy groups -OCH3 is 1. The maximum Gasteiger partial charge on any atom is 0.347 e. The van der Waals surface area contributed by atoms with E-state index in [1.54, 1.807) is 32.2 Å². The van der Waals surface area contributed by atoms with Crippen LogP contribution in [0, 0.1) is 17.8 Å². The highest BCUT2D eigenvalue weighted by molar-refractivity contribution is 5.93. The maximum atomic E-state index is 13.5. The number of epoxide rings is 1. The minimum absolute atomic E-state index is 0.0362. The summed E-state index contributed by atoms with van der Waals surface area (Å²) in [5.74, 6) is -2.44. The first-order valence-electron chi connectivity index (χ1n) is 15.5. The van der Waals surface area contributed by atoms with Crippen LogP contribution >= 0.6 is 0 Å². The maximum absolute atomic E-state index is 13.5. The van der Waals surface area contributed by atoms with Crippen molar-refractivity contribution in [2.24, 2.45) is 17.8 Å². The summed E-state index contributed by atoms with van der Waals surface area (Å²) in [4.78, 5) is 52.8. The lowest BCUT2D eigenvalue weighted by molar-refractivity contribution is -0.176. The zero-order valence-electron chi connectivity index (χ0n) is 26.6. The Hall–Kier alpha value is -4.18. The molecule has 45 heavy (non-hydrogen) atoms. The van der Waals surface area contributed by atoms with Gasteiger partial charge in [0, 0.05) is 25.3 Å². The highest BCUT2D eigenvalue weighted by Crippen LogP contribution is 2.45. The van der Waals surface area contributed by atoms with Gasteiger partial charge in [-0.15, -0.1) is 0 Å². The molecule has 2 aliphatic rings. The lowest BCUT2D eigenvalue weighted by Crippen LogP contribution is -2.49. The smallest absolute Gasteiger partial charge is 0.347 e. The Morgan fingerprint density at radius 1 is 0.933 bits per heavy atom. The third kappa shape index (κ3) is 9.65. The SMILES string of the molecule is COc1ccc(C[C@H]2NC(=O)/C=C/C[C@@H]([C@H](C)[C@H]3O[C@@H]3c3ccccc3)OC(=O)[C@H](CC(C)C)OC(=O)[C@H](C)CNC2=O)cc1. The molecule has 2 aliphatic heterocycles. The lowest BCUT2D eigenvalue weighted by atomic mass is 9.93. The topological polar surface area (TPSA) is 133 Å². The quantitative estimate of drug-likeness (QED) is 0.333. The number of benzene rings is 2. The second-order valence-corrected chi connectivity index (χ2v) is 12.2. The van der Waals surface area contributed by atoms with Gasteiger partial charge in [-0.2, -0.15) is 0 Å². The Labute approximate surface area is 264 Å². The van der Waals surface area contributed by atoms with Gasteiger partial charge in [0.15, 0.2) is 6.10 Å². The Morgan fingerprint density at radius 3 is 2.31 bits per heavy atom. The molecule has 2 heterocycles. The van der Waals surface area contributed by atoms with E-state index >= 15 is 0 Å². The van der Waals surface area contributed by atoms with Crippen LogP contribution in [0.2, 0.25) is 0 Å². The molecule has 2 aromatic rings. The monoisotopic (exact) mass is 620 g/mol. The second-order valence-electron chi connectivity index (χ2n) is 12.2. The zero-order chi connectivity index (χ0) is 32.5. The van der Waals surface area contributed by atoms with Crippen LogP contribution in [0.15, 0.2) is 66.7 Å². The summed E-state index contributed by atoms with van der Waals surface area (Å²) < 4.78 is 22.9. The molecule has 10 heteroatoms. The van der Waals surface area contributed by atoms with E-state index in [0.29, 0.717) is 5.75 Å². The summed E-state index contributed by atoms with van der Waals surface area (Å²) in [5, 5.41) is 5.53. The van der Waals surface area contributed by atoms with E-state index < -0.39 is 47.9 Å². The van der Waals surface area contributed by atoms with Gasteiger partial charge in [-0.1, -0.05) is 76.2 Å². The van der Waals surface area contributed by atoms with E-state index in [1.165, 1.54) is 6.08 Å². The zero-order valence-corrected chi connectivity index (χ0v) is 26.6. The van der Waals surface area contributed by atoms with Crippen molar-refractivity contribution in [2.45, 2.75) is 77.4 Å². The molecule has 0 radical (unpaired) electrons. The number of esters is 2. The Kier molecular flexibility index (Phi) is 11.8. The highest BCUT2D eigenvalue weighted by atomic mass is 16.6. The van der Waals surface area contributed by atoms with E-state index in [1.807, 2.05) is 63.2 Å². The van der Waals surface area contributed by atoms with Crippen molar-refractivity contribution < 1.29 is 38.1 Å². The molecule has 2 aromatic carbocycles. The van der Waals surface area contributed by atoms with E-state index in [-0.39, 0.29) is 49.9 Å². The molecule has 0 aromatic heterocycles. The van der Waals surface area contributed by atoms with Crippen LogP contribution in [-0.4, -0.2) is 61.8 Å². The van der Waals surface area contributed by atoms with Crippen molar-refractivity contribution in [1.29, 1.82) is 0 Å². The molecule has 0 aliphatic carbocycles. The first-order chi connectivity index (χ1) is 21.5. The number of rotatable bonds is 8. The summed E-state index contributed by atoms with van der Waals surface area (Å²) in [6, 6.07) is 16.1. The predicted molar refractivity (Wildman–Crippen MR) is 167 cm³/mol. The number of carbonyl (C=O) groups is 4. The molecule has 2 amide bonds. The van der Waals surface area contributed by atoms with E-state index in [2.05, 4.69) is 10.6 Å². The van der Waals surface area contributed by atoms with Crippen LogP contribution < -0.4 is 15.4 Å². The number of nitrogens with one attached hydrogen (secondary N) is 2. The van der Waals surface area contributed by atoms with Crippen LogP contribution in [0.25, 0.3) is 0 Å². The predicted octanol–water partition coefficient (Wildman–Crippen LogP) is 4.08. The first-order valence-corrected chi connectivity index (χ1v) is 15.5. The summed E-state index contributed by atoms with van der Waals surface area (Å²) in [6.45, 7) is 7.37. The number of amides is 2. The number of hydrogen-bond acceptors (Lipinski definition) is 8. The molecule has 0 unspecified atom stereocenters. The van der Waals surface area contributed by atoms with Crippen molar-refractivity contribution in [3.8, 4) is 5.75 Å². The molecule has 0 bridgehead atoms. The lowest BCUT2D eigenvalue weighted by Gasteiger charge is -2.27. The van der Waals surface area contributed by atoms with Crippen molar-refractivity contribution >= 4 is 23.8 Å². The fraction of sp³-hybridized carbons (Fsp3) is 0.486. The molecular weight excluding hydrogens is 576 g/mol. The van der Waals surface area contributed by atoms with Crippen LogP contribution in [0.3, 0.4) is 0 Å². The molecule has 0 spiro atoms. The summed E-state index contributed by atoms with van der Waals surface area (Å²) >= 11 is 0. The average molecular weight is 621 g/mol. The second kappa shape index (κ2) is 15.7. The standard InChI is InChI=1S/C35H44N2O8/c1-21(2)18-29-35(41)43-28(23(4)31-32(45-31)25-10-7-6-8-11-25)12-9-13-30(38)37-27(19-24-14-16-26(42-5)17-15-24)33(39)36-20-22(3)34(40)44-29/h6-11,13-17,21-23,27-29,31-32H,12,18-20H2,1-5H3,(H,36,39)(H,37,38)/b13-9+/t22-,23+,27-,28+,29+,31-,32-/m1/s1. The van der Waals surface area contributed by atoms with E-state index in [4.69, 9.17) is 18.9 Å². The van der Waals surface area contributed by atoms with Crippen molar-refractivity contribution in [1.82, 2.24) is 10.6 Å². The number of cyclic esters (lactones) is 2. The van der Waals surface area contributed by atoms with Gasteiger partial charge in [0.2, 0.25) is 11.8 Å². The van der Waals surface area contributed by atoms with Crippen LogP contribution in [-0.2, 0) is 39.8 Å². The van der Waals surface area contributed by atoms with Gasteiger partial charge in [-0.3, -0.25) is 14.4 Å². The molecule has 0 saturated carbocycles. The molecule has 4 rings (SSSR count). The van der Waals surface area contributed by atoms with E-state index in [9.17, 15) is 19.2 Å². The van der Waals surface area contributed by atoms with Gasteiger partial charge in [0.1, 0.15) is 24.0 Å². The molecule has 2 N–H and O–H groups in total. The summed E-state index contributed by atoms with van der Waals surface area (Å²) in [5.41, 5.74) is 1.85. The third-order valence-corrected chi connectivity index (χ3v) is 8.09. The Bertz CT molecular complexity index is 1340. The molecular formula is C35H44N2O8. The van der Waals surface area contributed by atoms with Gasteiger partial charge < -0.3 is 29.6 Å². The third-order valence-electron chi connectivity index (χ3n) is 8.09. The van der Waals surface area contributed by atoms with Crippen molar-refractivity contribution in [3.63, 3.8) is 0 Å². The molecule has 10 nitrogen and oxygen atoms in total. The Morgan fingerprint density at radius 2 is 1.64 bits per heavy atom. The van der Waals surface area contributed by atoms with Crippen LogP contribution in [0.5, 0.6) is 5.75 Å². The summed E-state index contributed by atoms with van der Waals surface area (Å²) in [7, 11) is 1.57. The van der Waals surface area contributed by atoms with Gasteiger partial charge >= 0.3 is 11.9 Å². The fourth-order valence-corrected chi connectivity index (χ4v) is 5.31.